The summed E-state index contributed by atoms with van der Waals surface area (Å²) in [5.74, 6) is -0.421. The molecule has 1 heterocycles. The van der Waals surface area contributed by atoms with Crippen molar-refractivity contribution >= 4 is 24.0 Å². The van der Waals surface area contributed by atoms with Crippen LogP contribution >= 0.6 is 0 Å². The lowest BCUT2D eigenvalue weighted by molar-refractivity contribution is -0.143. The Kier molecular flexibility index (Phi) is 7.08. The first kappa shape index (κ1) is 22.4. The standard InChI is InChI=1S/C23H21N3O6/c1-3-31-20-11-15(10-18-22(28)26(23(29)25-18)13-21(27)30-2)8-9-19(20)32-14-17-7-5-4-6-16(17)12-24/h4-11H,3,13-14H2,1-2H3,(H,25,29)/b18-10+. The van der Waals surface area contributed by atoms with Crippen LogP contribution in [0.3, 0.4) is 0 Å². The number of imide groups is 1. The number of hydrogen-bond acceptors (Lipinski definition) is 7. The molecule has 3 amide bonds. The van der Waals surface area contributed by atoms with Gasteiger partial charge in [-0.05, 0) is 36.8 Å². The maximum Gasteiger partial charge on any atom is 0.329 e. The quantitative estimate of drug-likeness (QED) is 0.385. The van der Waals surface area contributed by atoms with Gasteiger partial charge < -0.3 is 19.5 Å². The second kappa shape index (κ2) is 10.1. The maximum atomic E-state index is 12.5. The smallest absolute Gasteiger partial charge is 0.329 e. The molecule has 0 radical (unpaired) electrons. The van der Waals surface area contributed by atoms with Crippen molar-refractivity contribution < 1.29 is 28.6 Å². The largest absolute Gasteiger partial charge is 0.490 e. The summed E-state index contributed by atoms with van der Waals surface area (Å²) in [5.41, 5.74) is 1.88. The summed E-state index contributed by atoms with van der Waals surface area (Å²) in [6.07, 6.45) is 1.48. The van der Waals surface area contributed by atoms with E-state index in [0.29, 0.717) is 29.2 Å². The third kappa shape index (κ3) is 5.05. The molecule has 0 unspecified atom stereocenters. The van der Waals surface area contributed by atoms with E-state index >= 15 is 0 Å². The zero-order valence-corrected chi connectivity index (χ0v) is 17.6. The number of nitrogens with zero attached hydrogens (tertiary/aromatic N) is 2. The summed E-state index contributed by atoms with van der Waals surface area (Å²) in [4.78, 5) is 36.7. The fourth-order valence-corrected chi connectivity index (χ4v) is 2.99. The number of benzene rings is 2. The molecule has 3 rings (SSSR count). The van der Waals surface area contributed by atoms with Crippen LogP contribution in [0.15, 0.2) is 48.2 Å². The third-order valence-electron chi connectivity index (χ3n) is 4.58. The first-order valence-electron chi connectivity index (χ1n) is 9.75. The summed E-state index contributed by atoms with van der Waals surface area (Å²) >= 11 is 0. The predicted octanol–water partition coefficient (Wildman–Crippen LogP) is 2.60. The zero-order valence-electron chi connectivity index (χ0n) is 17.6. The maximum absolute atomic E-state index is 12.5. The van der Waals surface area contributed by atoms with E-state index in [1.807, 2.05) is 19.1 Å². The van der Waals surface area contributed by atoms with E-state index in [-0.39, 0.29) is 12.3 Å². The van der Waals surface area contributed by atoms with Crippen molar-refractivity contribution in [2.75, 3.05) is 20.3 Å². The van der Waals surface area contributed by atoms with E-state index in [9.17, 15) is 19.6 Å². The van der Waals surface area contributed by atoms with Gasteiger partial charge in [0.15, 0.2) is 11.5 Å². The lowest BCUT2D eigenvalue weighted by Crippen LogP contribution is -2.36. The molecule has 1 aliphatic heterocycles. The number of methoxy groups -OCH3 is 1. The summed E-state index contributed by atoms with van der Waals surface area (Å²) in [5, 5.41) is 11.7. The Morgan fingerprint density at radius 2 is 1.94 bits per heavy atom. The first-order chi connectivity index (χ1) is 15.5. The van der Waals surface area contributed by atoms with Gasteiger partial charge in [-0.3, -0.25) is 9.59 Å². The Balaban J connectivity index is 1.80. The van der Waals surface area contributed by atoms with Crippen LogP contribution < -0.4 is 14.8 Å². The number of amides is 3. The SMILES string of the molecule is CCOc1cc(/C=C2/NC(=O)N(CC(=O)OC)C2=O)ccc1OCc1ccccc1C#N. The number of ether oxygens (including phenoxy) is 3. The number of esters is 1. The average Bonchev–Trinajstić information content (AvgIpc) is 3.06. The molecule has 2 aromatic carbocycles. The van der Waals surface area contributed by atoms with Crippen LogP contribution in [0.1, 0.15) is 23.6 Å². The number of rotatable bonds is 8. The van der Waals surface area contributed by atoms with Crippen LogP contribution in [-0.2, 0) is 20.9 Å². The Morgan fingerprint density at radius 1 is 1.16 bits per heavy atom. The highest BCUT2D eigenvalue weighted by molar-refractivity contribution is 6.15. The van der Waals surface area contributed by atoms with E-state index in [0.717, 1.165) is 10.5 Å². The fraction of sp³-hybridized carbons (Fsp3) is 0.217. The molecule has 164 valence electrons. The van der Waals surface area contributed by atoms with Crippen LogP contribution in [0.25, 0.3) is 6.08 Å². The van der Waals surface area contributed by atoms with Gasteiger partial charge in [-0.1, -0.05) is 24.3 Å². The van der Waals surface area contributed by atoms with Crippen LogP contribution in [0.4, 0.5) is 4.79 Å². The van der Waals surface area contributed by atoms with Gasteiger partial charge >= 0.3 is 12.0 Å². The number of carbonyl (C=O) groups excluding carboxylic acids is 3. The van der Waals surface area contributed by atoms with Crippen molar-refractivity contribution in [2.45, 2.75) is 13.5 Å². The molecule has 0 aromatic heterocycles. The molecule has 0 saturated carbocycles. The molecule has 2 aromatic rings. The highest BCUT2D eigenvalue weighted by Crippen LogP contribution is 2.30. The Labute approximate surface area is 184 Å². The monoisotopic (exact) mass is 435 g/mol. The zero-order chi connectivity index (χ0) is 23.1. The first-order valence-corrected chi connectivity index (χ1v) is 9.75. The molecule has 9 heteroatoms. The van der Waals surface area contributed by atoms with Crippen LogP contribution in [0.5, 0.6) is 11.5 Å². The number of nitriles is 1. The summed E-state index contributed by atoms with van der Waals surface area (Å²) in [6.45, 7) is 1.92. The van der Waals surface area contributed by atoms with Crippen molar-refractivity contribution in [2.24, 2.45) is 0 Å². The fourth-order valence-electron chi connectivity index (χ4n) is 2.99. The van der Waals surface area contributed by atoms with Crippen molar-refractivity contribution in [1.29, 1.82) is 5.26 Å². The summed E-state index contributed by atoms with van der Waals surface area (Å²) < 4.78 is 16.0. The predicted molar refractivity (Wildman–Crippen MR) is 113 cm³/mol. The number of carbonyl (C=O) groups is 3. The second-order valence-corrected chi connectivity index (χ2v) is 6.65. The minimum absolute atomic E-state index is 0.0259. The Morgan fingerprint density at radius 3 is 2.66 bits per heavy atom. The van der Waals surface area contributed by atoms with Crippen molar-refractivity contribution in [3.8, 4) is 17.6 Å². The van der Waals surface area contributed by atoms with E-state index in [4.69, 9.17) is 9.47 Å². The molecular weight excluding hydrogens is 414 g/mol. The van der Waals surface area contributed by atoms with Gasteiger partial charge in [0.25, 0.3) is 5.91 Å². The van der Waals surface area contributed by atoms with E-state index in [2.05, 4.69) is 16.1 Å². The molecule has 1 N–H and O–H groups in total. The Bertz CT molecular complexity index is 1120. The van der Waals surface area contributed by atoms with Gasteiger partial charge in [0.05, 0.1) is 25.3 Å². The van der Waals surface area contributed by atoms with Gasteiger partial charge in [0, 0.05) is 5.56 Å². The highest BCUT2D eigenvalue weighted by Gasteiger charge is 2.35. The van der Waals surface area contributed by atoms with Gasteiger partial charge in [-0.2, -0.15) is 5.26 Å². The molecule has 1 fully saturated rings. The molecule has 0 bridgehead atoms. The molecular formula is C23H21N3O6. The molecule has 0 aliphatic carbocycles. The minimum atomic E-state index is -0.701. The normalized spacial score (nSPS) is 14.2. The lowest BCUT2D eigenvalue weighted by Gasteiger charge is -2.13. The molecule has 1 aliphatic rings. The van der Waals surface area contributed by atoms with Crippen LogP contribution in [0.2, 0.25) is 0 Å². The topological polar surface area (TPSA) is 118 Å². The number of nitrogens with one attached hydrogen (secondary N) is 1. The molecule has 9 nitrogen and oxygen atoms in total. The van der Waals surface area contributed by atoms with Crippen molar-refractivity contribution in [3.63, 3.8) is 0 Å². The molecule has 1 saturated heterocycles. The van der Waals surface area contributed by atoms with Crippen LogP contribution in [0, 0.1) is 11.3 Å². The number of hydrogen-bond donors (Lipinski definition) is 1. The Hall–Kier alpha value is -4.32. The second-order valence-electron chi connectivity index (χ2n) is 6.65. The average molecular weight is 435 g/mol. The molecule has 0 spiro atoms. The third-order valence-corrected chi connectivity index (χ3v) is 4.58. The molecule has 0 atom stereocenters. The lowest BCUT2D eigenvalue weighted by atomic mass is 10.1. The van der Waals surface area contributed by atoms with Gasteiger partial charge in [0.2, 0.25) is 0 Å². The van der Waals surface area contributed by atoms with E-state index < -0.39 is 24.5 Å². The van der Waals surface area contributed by atoms with Crippen molar-refractivity contribution in [3.05, 3.63) is 64.9 Å². The van der Waals surface area contributed by atoms with E-state index in [1.54, 1.807) is 30.3 Å². The minimum Gasteiger partial charge on any atom is -0.490 e. The highest BCUT2D eigenvalue weighted by atomic mass is 16.5. The molecule has 32 heavy (non-hydrogen) atoms. The van der Waals surface area contributed by atoms with Gasteiger partial charge in [-0.25, -0.2) is 9.69 Å². The number of urea groups is 1. The van der Waals surface area contributed by atoms with E-state index in [1.165, 1.54) is 13.2 Å². The van der Waals surface area contributed by atoms with Gasteiger partial charge in [0.1, 0.15) is 18.8 Å². The van der Waals surface area contributed by atoms with Crippen molar-refractivity contribution in [1.82, 2.24) is 10.2 Å². The summed E-state index contributed by atoms with van der Waals surface area (Å²) in [6, 6.07) is 13.6. The van der Waals surface area contributed by atoms with Crippen LogP contribution in [-0.4, -0.2) is 43.1 Å². The summed E-state index contributed by atoms with van der Waals surface area (Å²) in [7, 11) is 1.18. The van der Waals surface area contributed by atoms with Gasteiger partial charge in [-0.15, -0.1) is 0 Å².